The lowest BCUT2D eigenvalue weighted by Gasteiger charge is -2.30. The van der Waals surface area contributed by atoms with E-state index in [1.807, 2.05) is 4.90 Å². The van der Waals surface area contributed by atoms with Crippen molar-refractivity contribution in [1.29, 1.82) is 0 Å². The van der Waals surface area contributed by atoms with Crippen LogP contribution in [-0.4, -0.2) is 52.9 Å². The largest absolute Gasteiger partial charge is 0.497 e. The summed E-state index contributed by atoms with van der Waals surface area (Å²) in [7, 11) is -2.45. The number of hydrogen-bond donors (Lipinski definition) is 2. The third kappa shape index (κ3) is 5.26. The zero-order chi connectivity index (χ0) is 23.4. The molecule has 10 nitrogen and oxygen atoms in total. The number of rotatable bonds is 7. The van der Waals surface area contributed by atoms with Gasteiger partial charge in [-0.3, -0.25) is 9.52 Å². The van der Waals surface area contributed by atoms with Gasteiger partial charge in [-0.25, -0.2) is 8.42 Å². The molecule has 2 heterocycles. The van der Waals surface area contributed by atoms with Crippen molar-refractivity contribution < 1.29 is 27.2 Å². The number of nitrogens with zero attached hydrogens (tertiary/aromatic N) is 2. The third-order valence-electron chi connectivity index (χ3n) is 5.06. The summed E-state index contributed by atoms with van der Waals surface area (Å²) in [6, 6.07) is 12.8. The zero-order valence-corrected chi connectivity index (χ0v) is 19.0. The zero-order valence-electron chi connectivity index (χ0n) is 18.2. The Morgan fingerprint density at radius 3 is 2.39 bits per heavy atom. The molecule has 1 aliphatic heterocycles. The summed E-state index contributed by atoms with van der Waals surface area (Å²) in [5.74, 6) is 0.604. The molecule has 0 spiro atoms. The van der Waals surface area contributed by atoms with Gasteiger partial charge in [0.1, 0.15) is 16.4 Å². The van der Waals surface area contributed by atoms with E-state index in [9.17, 15) is 13.2 Å². The Bertz CT molecular complexity index is 1230. The normalized spacial score (nSPS) is 14.1. The topological polar surface area (TPSA) is 123 Å². The number of ether oxygens (including phenoxy) is 2. The fourth-order valence-corrected chi connectivity index (χ4v) is 4.72. The van der Waals surface area contributed by atoms with E-state index in [0.717, 1.165) is 0 Å². The molecule has 2 N–H and O–H groups in total. The van der Waals surface area contributed by atoms with Crippen LogP contribution in [0.2, 0.25) is 0 Å². The van der Waals surface area contributed by atoms with E-state index in [4.69, 9.17) is 14.0 Å². The van der Waals surface area contributed by atoms with Gasteiger partial charge in [0.15, 0.2) is 5.69 Å². The number of methoxy groups -OCH3 is 1. The summed E-state index contributed by atoms with van der Waals surface area (Å²) in [6.07, 6.45) is 0. The highest BCUT2D eigenvalue weighted by atomic mass is 32.2. The van der Waals surface area contributed by atoms with Crippen molar-refractivity contribution in [2.24, 2.45) is 0 Å². The predicted octanol–water partition coefficient (Wildman–Crippen LogP) is 2.88. The first-order valence-electron chi connectivity index (χ1n) is 10.2. The Morgan fingerprint density at radius 2 is 1.76 bits per heavy atom. The second-order valence-electron chi connectivity index (χ2n) is 7.39. The fraction of sp³-hybridized carbons (Fsp3) is 0.273. The first-order chi connectivity index (χ1) is 15.9. The van der Waals surface area contributed by atoms with E-state index in [1.165, 1.54) is 19.2 Å². The lowest BCUT2D eigenvalue weighted by molar-refractivity contribution is 0.101. The van der Waals surface area contributed by atoms with E-state index in [-0.39, 0.29) is 10.6 Å². The number of carbonyl (C=O) groups excluding carboxylic acids is 1. The minimum atomic E-state index is -3.99. The maximum atomic E-state index is 13.4. The number of nitrogens with one attached hydrogen (secondary N) is 2. The Morgan fingerprint density at radius 1 is 1.06 bits per heavy atom. The molecule has 4 rings (SSSR count). The molecular weight excluding hydrogens is 448 g/mol. The summed E-state index contributed by atoms with van der Waals surface area (Å²) in [5.41, 5.74) is 1.32. The predicted molar refractivity (Wildman–Crippen MR) is 122 cm³/mol. The minimum absolute atomic E-state index is 0.0364. The quantitative estimate of drug-likeness (QED) is 0.538. The smallest absolute Gasteiger partial charge is 0.277 e. The molecule has 0 unspecified atom stereocenters. The lowest BCUT2D eigenvalue weighted by Crippen LogP contribution is -2.37. The number of morpholine rings is 1. The number of sulfonamides is 1. The molecule has 11 heteroatoms. The molecule has 0 aliphatic carbocycles. The van der Waals surface area contributed by atoms with Gasteiger partial charge >= 0.3 is 0 Å². The number of anilines is 3. The second-order valence-corrected chi connectivity index (χ2v) is 9.04. The van der Waals surface area contributed by atoms with Gasteiger partial charge in [0, 0.05) is 30.5 Å². The highest BCUT2D eigenvalue weighted by Gasteiger charge is 2.25. The summed E-state index contributed by atoms with van der Waals surface area (Å²) >= 11 is 0. The van der Waals surface area contributed by atoms with E-state index in [0.29, 0.717) is 54.9 Å². The molecule has 0 atom stereocenters. The highest BCUT2D eigenvalue weighted by Crippen LogP contribution is 2.31. The molecule has 0 saturated carbocycles. The van der Waals surface area contributed by atoms with Gasteiger partial charge in [-0.2, -0.15) is 0 Å². The maximum Gasteiger partial charge on any atom is 0.277 e. The van der Waals surface area contributed by atoms with Gasteiger partial charge in [0.2, 0.25) is 0 Å². The summed E-state index contributed by atoms with van der Waals surface area (Å²) in [5, 5.41) is 6.37. The molecule has 3 aromatic rings. The summed E-state index contributed by atoms with van der Waals surface area (Å²) in [4.78, 5) is 14.5. The number of amides is 1. The number of aryl methyl sites for hydroxylation is 1. The summed E-state index contributed by atoms with van der Waals surface area (Å²) < 4.78 is 44.8. The molecule has 1 aliphatic rings. The second kappa shape index (κ2) is 9.51. The SMILES string of the molecule is COc1ccc(NS(=O)(=O)c2cc(NC(=O)c3cc(C)on3)ccc2N2CCOCC2)cc1. The number of benzene rings is 2. The molecule has 2 aromatic carbocycles. The van der Waals surface area contributed by atoms with Crippen molar-refractivity contribution in [3.8, 4) is 5.75 Å². The monoisotopic (exact) mass is 472 g/mol. The van der Waals surface area contributed by atoms with Crippen LogP contribution in [-0.2, 0) is 14.8 Å². The van der Waals surface area contributed by atoms with E-state index < -0.39 is 15.9 Å². The summed E-state index contributed by atoms with van der Waals surface area (Å²) in [6.45, 7) is 3.77. The van der Waals surface area contributed by atoms with Crippen LogP contribution in [0.15, 0.2) is 57.9 Å². The maximum absolute atomic E-state index is 13.4. The van der Waals surface area contributed by atoms with Gasteiger partial charge in [0.25, 0.3) is 15.9 Å². The van der Waals surface area contributed by atoms with Gasteiger partial charge in [-0.1, -0.05) is 5.16 Å². The van der Waals surface area contributed by atoms with Crippen LogP contribution in [0.5, 0.6) is 5.75 Å². The molecule has 1 saturated heterocycles. The molecule has 1 aromatic heterocycles. The average Bonchev–Trinajstić information content (AvgIpc) is 3.26. The van der Waals surface area contributed by atoms with Crippen LogP contribution in [0.4, 0.5) is 17.1 Å². The first kappa shape index (κ1) is 22.6. The molecule has 174 valence electrons. The standard InChI is InChI=1S/C22H24N4O6S/c1-15-13-19(24-32-15)22(27)23-17-5-8-20(26-9-11-31-12-10-26)21(14-17)33(28,29)25-16-3-6-18(30-2)7-4-16/h3-8,13-14,25H,9-12H2,1-2H3,(H,23,27). The van der Waals surface area contributed by atoms with Crippen LogP contribution < -0.4 is 19.7 Å². The number of aromatic nitrogens is 1. The highest BCUT2D eigenvalue weighted by molar-refractivity contribution is 7.92. The van der Waals surface area contributed by atoms with Crippen LogP contribution >= 0.6 is 0 Å². The van der Waals surface area contributed by atoms with Crippen LogP contribution in [0.25, 0.3) is 0 Å². The third-order valence-corrected chi connectivity index (χ3v) is 6.47. The van der Waals surface area contributed by atoms with Gasteiger partial charge in [0.05, 0.1) is 26.0 Å². The van der Waals surface area contributed by atoms with Crippen molar-refractivity contribution in [3.63, 3.8) is 0 Å². The molecule has 1 fully saturated rings. The number of hydrogen-bond acceptors (Lipinski definition) is 8. The fourth-order valence-electron chi connectivity index (χ4n) is 3.41. The van der Waals surface area contributed by atoms with E-state index in [2.05, 4.69) is 15.2 Å². The molecule has 0 radical (unpaired) electrons. The Kier molecular flexibility index (Phi) is 6.52. The van der Waals surface area contributed by atoms with Gasteiger partial charge in [-0.05, 0) is 49.4 Å². The average molecular weight is 473 g/mol. The Balaban J connectivity index is 1.67. The van der Waals surface area contributed by atoms with Crippen molar-refractivity contribution >= 4 is 33.0 Å². The van der Waals surface area contributed by atoms with Gasteiger partial charge in [-0.15, -0.1) is 0 Å². The van der Waals surface area contributed by atoms with E-state index in [1.54, 1.807) is 43.3 Å². The van der Waals surface area contributed by atoms with Crippen molar-refractivity contribution in [2.45, 2.75) is 11.8 Å². The van der Waals surface area contributed by atoms with Crippen LogP contribution in [0, 0.1) is 6.92 Å². The Hall–Kier alpha value is -3.57. The van der Waals surface area contributed by atoms with Crippen LogP contribution in [0.3, 0.4) is 0 Å². The Labute approximate surface area is 191 Å². The van der Waals surface area contributed by atoms with E-state index >= 15 is 0 Å². The van der Waals surface area contributed by atoms with Gasteiger partial charge < -0.3 is 24.2 Å². The molecule has 1 amide bonds. The molecule has 33 heavy (non-hydrogen) atoms. The molecular formula is C22H24N4O6S. The number of carbonyl (C=O) groups is 1. The molecule has 0 bridgehead atoms. The first-order valence-corrected chi connectivity index (χ1v) is 11.7. The van der Waals surface area contributed by atoms with Crippen LogP contribution in [0.1, 0.15) is 16.2 Å². The lowest BCUT2D eigenvalue weighted by atomic mass is 10.2. The van der Waals surface area contributed by atoms with Crippen molar-refractivity contribution in [3.05, 3.63) is 60.0 Å². The minimum Gasteiger partial charge on any atom is -0.497 e. The van der Waals surface area contributed by atoms with Crippen molar-refractivity contribution in [2.75, 3.05) is 48.4 Å². The van der Waals surface area contributed by atoms with Crippen molar-refractivity contribution in [1.82, 2.24) is 5.16 Å².